The second-order valence-electron chi connectivity index (χ2n) is 7.08. The number of aryl methyl sites for hydroxylation is 1. The number of hydrogen-bond donors (Lipinski definition) is 3. The summed E-state index contributed by atoms with van der Waals surface area (Å²) in [7, 11) is 0. The summed E-state index contributed by atoms with van der Waals surface area (Å²) in [6.45, 7) is 3.70. The smallest absolute Gasteiger partial charge is 0.160 e. The highest BCUT2D eigenvalue weighted by atomic mass is 15.2. The molecule has 26 heavy (non-hydrogen) atoms. The van der Waals surface area contributed by atoms with E-state index < -0.39 is 5.54 Å². The molecule has 1 aromatic carbocycles. The van der Waals surface area contributed by atoms with E-state index in [0.29, 0.717) is 0 Å². The van der Waals surface area contributed by atoms with Crippen LogP contribution in [0.4, 0.5) is 5.82 Å². The van der Waals surface area contributed by atoms with Gasteiger partial charge in [0.2, 0.25) is 0 Å². The lowest BCUT2D eigenvalue weighted by molar-refractivity contribution is 0.327. The Morgan fingerprint density at radius 1 is 1.19 bits per heavy atom. The molecule has 132 valence electrons. The molecule has 0 atom stereocenters. The van der Waals surface area contributed by atoms with Gasteiger partial charge in [0.25, 0.3) is 0 Å². The molecule has 1 aliphatic heterocycles. The SMILES string of the molecule is Cc1ccc2nc(C3(N)CCN(c4ncnc5[nH]ncc45)CC3)[nH]c2c1. The summed E-state index contributed by atoms with van der Waals surface area (Å²) in [5, 5.41) is 7.90. The van der Waals surface area contributed by atoms with Crippen LogP contribution in [-0.4, -0.2) is 43.2 Å². The van der Waals surface area contributed by atoms with Crippen LogP contribution in [0.25, 0.3) is 22.1 Å². The number of hydrogen-bond acceptors (Lipinski definition) is 6. The molecule has 5 rings (SSSR count). The van der Waals surface area contributed by atoms with Gasteiger partial charge in [-0.1, -0.05) is 6.07 Å². The zero-order valence-electron chi connectivity index (χ0n) is 14.5. The molecule has 1 aliphatic rings. The number of H-pyrrole nitrogens is 2. The van der Waals surface area contributed by atoms with Crippen molar-refractivity contribution in [3.05, 3.63) is 42.1 Å². The second-order valence-corrected chi connectivity index (χ2v) is 7.08. The van der Waals surface area contributed by atoms with E-state index in [1.54, 1.807) is 12.5 Å². The van der Waals surface area contributed by atoms with Crippen LogP contribution in [0.5, 0.6) is 0 Å². The minimum Gasteiger partial charge on any atom is -0.356 e. The van der Waals surface area contributed by atoms with Crippen LogP contribution in [0.3, 0.4) is 0 Å². The highest BCUT2D eigenvalue weighted by Gasteiger charge is 2.36. The predicted molar refractivity (Wildman–Crippen MR) is 99.8 cm³/mol. The molecule has 8 heteroatoms. The van der Waals surface area contributed by atoms with Crippen molar-refractivity contribution in [3.63, 3.8) is 0 Å². The van der Waals surface area contributed by atoms with Crippen molar-refractivity contribution in [1.82, 2.24) is 30.1 Å². The van der Waals surface area contributed by atoms with Crippen LogP contribution in [0, 0.1) is 6.92 Å². The monoisotopic (exact) mass is 348 g/mol. The zero-order chi connectivity index (χ0) is 17.7. The Kier molecular flexibility index (Phi) is 3.23. The van der Waals surface area contributed by atoms with Gasteiger partial charge >= 0.3 is 0 Å². The molecule has 0 radical (unpaired) electrons. The topological polar surface area (TPSA) is 112 Å². The first-order chi connectivity index (χ1) is 12.6. The third-order valence-electron chi connectivity index (χ3n) is 5.29. The number of nitrogens with zero attached hydrogens (tertiary/aromatic N) is 5. The Hall–Kier alpha value is -3.00. The van der Waals surface area contributed by atoms with Gasteiger partial charge in [-0.3, -0.25) is 5.10 Å². The first-order valence-electron chi connectivity index (χ1n) is 8.77. The highest BCUT2D eigenvalue weighted by molar-refractivity contribution is 5.86. The summed E-state index contributed by atoms with van der Waals surface area (Å²) in [4.78, 5) is 19.1. The summed E-state index contributed by atoms with van der Waals surface area (Å²) in [5.41, 5.74) is 10.3. The fourth-order valence-electron chi connectivity index (χ4n) is 3.72. The van der Waals surface area contributed by atoms with E-state index in [0.717, 1.165) is 59.6 Å². The van der Waals surface area contributed by atoms with Crippen LogP contribution in [0.2, 0.25) is 0 Å². The molecule has 4 aromatic rings. The number of piperidine rings is 1. The van der Waals surface area contributed by atoms with Crippen molar-refractivity contribution in [3.8, 4) is 0 Å². The molecule has 1 fully saturated rings. The molecule has 3 aromatic heterocycles. The van der Waals surface area contributed by atoms with Crippen LogP contribution in [0.1, 0.15) is 24.2 Å². The Morgan fingerprint density at radius 3 is 2.88 bits per heavy atom. The third kappa shape index (κ3) is 2.33. The molecular weight excluding hydrogens is 328 g/mol. The van der Waals surface area contributed by atoms with E-state index in [1.165, 1.54) is 5.56 Å². The van der Waals surface area contributed by atoms with Gasteiger partial charge in [-0.2, -0.15) is 5.10 Å². The number of benzene rings is 1. The summed E-state index contributed by atoms with van der Waals surface area (Å²) >= 11 is 0. The second kappa shape index (κ2) is 5.50. The number of rotatable bonds is 2. The lowest BCUT2D eigenvalue weighted by Gasteiger charge is -2.38. The Labute approximate surface area is 149 Å². The molecule has 4 N–H and O–H groups in total. The van der Waals surface area contributed by atoms with Crippen molar-refractivity contribution in [2.45, 2.75) is 25.3 Å². The van der Waals surface area contributed by atoms with Crippen LogP contribution in [-0.2, 0) is 5.54 Å². The molecule has 0 amide bonds. The minimum atomic E-state index is -0.452. The molecule has 4 heterocycles. The maximum atomic E-state index is 6.74. The Morgan fingerprint density at radius 2 is 2.04 bits per heavy atom. The van der Waals surface area contributed by atoms with Crippen molar-refractivity contribution in [2.75, 3.05) is 18.0 Å². The van der Waals surface area contributed by atoms with E-state index in [-0.39, 0.29) is 0 Å². The lowest BCUT2D eigenvalue weighted by atomic mass is 9.88. The molecule has 0 aliphatic carbocycles. The number of imidazole rings is 1. The third-order valence-corrected chi connectivity index (χ3v) is 5.29. The Balaban J connectivity index is 1.42. The molecule has 0 unspecified atom stereocenters. The van der Waals surface area contributed by atoms with Crippen LogP contribution >= 0.6 is 0 Å². The van der Waals surface area contributed by atoms with Gasteiger partial charge < -0.3 is 15.6 Å². The van der Waals surface area contributed by atoms with Crippen molar-refractivity contribution < 1.29 is 0 Å². The summed E-state index contributed by atoms with van der Waals surface area (Å²) < 4.78 is 0. The number of aromatic nitrogens is 6. The van der Waals surface area contributed by atoms with Gasteiger partial charge in [-0.05, 0) is 37.5 Å². The molecule has 0 bridgehead atoms. The predicted octanol–water partition coefficient (Wildman–Crippen LogP) is 1.99. The van der Waals surface area contributed by atoms with Gasteiger partial charge in [0.15, 0.2) is 5.65 Å². The first-order valence-corrected chi connectivity index (χ1v) is 8.77. The van der Waals surface area contributed by atoms with Crippen molar-refractivity contribution in [1.29, 1.82) is 0 Å². The van der Waals surface area contributed by atoms with Crippen molar-refractivity contribution >= 4 is 27.9 Å². The number of nitrogens with one attached hydrogen (secondary N) is 2. The Bertz CT molecular complexity index is 1090. The molecule has 8 nitrogen and oxygen atoms in total. The molecule has 1 saturated heterocycles. The average molecular weight is 348 g/mol. The van der Waals surface area contributed by atoms with Crippen LogP contribution < -0.4 is 10.6 Å². The van der Waals surface area contributed by atoms with E-state index >= 15 is 0 Å². The van der Waals surface area contributed by atoms with Gasteiger partial charge in [-0.25, -0.2) is 15.0 Å². The standard InChI is InChI=1S/C18H20N8/c1-11-2-3-13-14(8-11)24-17(23-13)18(19)4-6-26(7-5-18)16-12-9-22-25-15(12)20-10-21-16/h2-3,8-10H,4-7,19H2,1H3,(H,23,24)(H,20,21,22,25). The van der Waals surface area contributed by atoms with Gasteiger partial charge in [-0.15, -0.1) is 0 Å². The van der Waals surface area contributed by atoms with Crippen LogP contribution in [0.15, 0.2) is 30.7 Å². The summed E-state index contributed by atoms with van der Waals surface area (Å²) in [6, 6.07) is 6.23. The maximum Gasteiger partial charge on any atom is 0.160 e. The average Bonchev–Trinajstić information content (AvgIpc) is 3.28. The quantitative estimate of drug-likeness (QED) is 0.511. The molecular formula is C18H20N8. The van der Waals surface area contributed by atoms with E-state index in [2.05, 4.69) is 49.1 Å². The summed E-state index contributed by atoms with van der Waals surface area (Å²) in [6.07, 6.45) is 4.95. The lowest BCUT2D eigenvalue weighted by Crippen LogP contribution is -2.49. The number of fused-ring (bicyclic) bond motifs is 2. The van der Waals surface area contributed by atoms with E-state index in [1.807, 2.05) is 6.07 Å². The fourth-order valence-corrected chi connectivity index (χ4v) is 3.72. The first kappa shape index (κ1) is 15.3. The van der Waals surface area contributed by atoms with E-state index in [4.69, 9.17) is 10.7 Å². The van der Waals surface area contributed by atoms with E-state index in [9.17, 15) is 0 Å². The number of anilines is 1. The largest absolute Gasteiger partial charge is 0.356 e. The zero-order valence-corrected chi connectivity index (χ0v) is 14.5. The van der Waals surface area contributed by atoms with Gasteiger partial charge in [0.1, 0.15) is 18.0 Å². The number of nitrogens with two attached hydrogens (primary N) is 1. The van der Waals surface area contributed by atoms with Gasteiger partial charge in [0, 0.05) is 13.1 Å². The maximum absolute atomic E-state index is 6.74. The van der Waals surface area contributed by atoms with Crippen molar-refractivity contribution in [2.24, 2.45) is 5.73 Å². The van der Waals surface area contributed by atoms with Gasteiger partial charge in [0.05, 0.1) is 28.2 Å². The molecule has 0 spiro atoms. The number of aromatic amines is 2. The summed E-state index contributed by atoms with van der Waals surface area (Å²) in [5.74, 6) is 1.78. The fraction of sp³-hybridized carbons (Fsp3) is 0.333. The molecule has 0 saturated carbocycles. The normalized spacial score (nSPS) is 17.2. The minimum absolute atomic E-state index is 0.452. The highest BCUT2D eigenvalue weighted by Crippen LogP contribution is 2.33.